The number of rotatable bonds is 4. The van der Waals surface area contributed by atoms with Gasteiger partial charge in [-0.25, -0.2) is 0 Å². The number of carbonyl (C=O) groups is 1. The van der Waals surface area contributed by atoms with Crippen LogP contribution in [0.4, 0.5) is 0 Å². The molecule has 3 aromatic heterocycles. The number of fused-ring (bicyclic) bond motifs is 1. The van der Waals surface area contributed by atoms with E-state index in [1.807, 2.05) is 0 Å². The van der Waals surface area contributed by atoms with Gasteiger partial charge in [0.25, 0.3) is 5.91 Å². The Bertz CT molecular complexity index is 1160. The lowest BCUT2D eigenvalue weighted by atomic mass is 10.2. The third kappa shape index (κ3) is 3.22. The zero-order valence-electron chi connectivity index (χ0n) is 13.2. The Kier molecular flexibility index (Phi) is 4.02. The average molecular weight is 370 g/mol. The highest BCUT2D eigenvalue weighted by Gasteiger charge is 2.13. The second kappa shape index (κ2) is 6.49. The van der Waals surface area contributed by atoms with E-state index in [-0.39, 0.29) is 29.7 Å². The number of H-pyrrole nitrogens is 2. The molecule has 0 bridgehead atoms. The molecule has 26 heavy (non-hydrogen) atoms. The Morgan fingerprint density at radius 2 is 2.12 bits per heavy atom. The molecule has 0 unspecified atom stereocenters. The molecule has 0 radical (unpaired) electrons. The molecule has 3 N–H and O–H groups in total. The van der Waals surface area contributed by atoms with Gasteiger partial charge in [-0.15, -0.1) is 0 Å². The zero-order valence-corrected chi connectivity index (χ0v) is 14.0. The second-order valence-electron chi connectivity index (χ2n) is 5.55. The number of halogens is 1. The zero-order chi connectivity index (χ0) is 18.1. The fourth-order valence-corrected chi connectivity index (χ4v) is 2.69. The molecule has 4 aromatic rings. The molecule has 0 saturated heterocycles. The number of nitrogens with one attached hydrogen (secondary N) is 3. The minimum absolute atomic E-state index is 0.0607. The van der Waals surface area contributed by atoms with Crippen molar-refractivity contribution in [2.24, 2.45) is 0 Å². The maximum Gasteiger partial charge on any atom is 0.268 e. The first-order valence-electron chi connectivity index (χ1n) is 7.67. The van der Waals surface area contributed by atoms with E-state index in [0.717, 1.165) is 10.9 Å². The molecule has 1 amide bonds. The minimum atomic E-state index is -0.312. The molecule has 0 fully saturated rings. The molecule has 0 saturated carbocycles. The van der Waals surface area contributed by atoms with Gasteiger partial charge in [0.15, 0.2) is 0 Å². The highest BCUT2D eigenvalue weighted by atomic mass is 35.5. The SMILES string of the molecule is O=C(NCc1nc(-c2cc[nH]c(=O)c2)no1)c1cc2cc(Cl)ccc2[nH]1. The number of nitrogens with zero attached hydrogens (tertiary/aromatic N) is 2. The Morgan fingerprint density at radius 1 is 1.23 bits per heavy atom. The molecule has 0 aliphatic rings. The monoisotopic (exact) mass is 369 g/mol. The van der Waals surface area contributed by atoms with Crippen LogP contribution >= 0.6 is 11.6 Å². The molecular formula is C17H12ClN5O3. The van der Waals surface area contributed by atoms with Crippen molar-refractivity contribution >= 4 is 28.4 Å². The largest absolute Gasteiger partial charge is 0.351 e. The summed E-state index contributed by atoms with van der Waals surface area (Å²) in [5, 5.41) is 7.95. The van der Waals surface area contributed by atoms with E-state index in [4.69, 9.17) is 16.1 Å². The van der Waals surface area contributed by atoms with E-state index < -0.39 is 0 Å². The van der Waals surface area contributed by atoms with E-state index in [2.05, 4.69) is 25.4 Å². The summed E-state index contributed by atoms with van der Waals surface area (Å²) >= 11 is 5.95. The van der Waals surface area contributed by atoms with Gasteiger partial charge in [0, 0.05) is 33.8 Å². The lowest BCUT2D eigenvalue weighted by Crippen LogP contribution is -2.23. The van der Waals surface area contributed by atoms with Crippen molar-refractivity contribution in [1.29, 1.82) is 0 Å². The number of aromatic amines is 2. The lowest BCUT2D eigenvalue weighted by molar-refractivity contribution is 0.0942. The van der Waals surface area contributed by atoms with Gasteiger partial charge in [0.2, 0.25) is 17.3 Å². The molecular weight excluding hydrogens is 358 g/mol. The number of aromatic nitrogens is 4. The summed E-state index contributed by atoms with van der Waals surface area (Å²) in [4.78, 5) is 33.3. The molecule has 0 spiro atoms. The summed E-state index contributed by atoms with van der Waals surface area (Å²) in [6.45, 7) is 0.0607. The van der Waals surface area contributed by atoms with Crippen LogP contribution in [0.15, 0.2) is 51.9 Å². The van der Waals surface area contributed by atoms with Gasteiger partial charge in [0.1, 0.15) is 5.69 Å². The minimum Gasteiger partial charge on any atom is -0.351 e. The van der Waals surface area contributed by atoms with Crippen LogP contribution in [0.3, 0.4) is 0 Å². The van der Waals surface area contributed by atoms with Gasteiger partial charge in [-0.05, 0) is 30.3 Å². The number of amides is 1. The van der Waals surface area contributed by atoms with E-state index in [1.54, 1.807) is 30.3 Å². The van der Waals surface area contributed by atoms with Crippen molar-refractivity contribution in [3.63, 3.8) is 0 Å². The average Bonchev–Trinajstić information content (AvgIpc) is 3.26. The van der Waals surface area contributed by atoms with Crippen molar-refractivity contribution in [3.05, 3.63) is 69.6 Å². The van der Waals surface area contributed by atoms with Gasteiger partial charge in [-0.1, -0.05) is 16.8 Å². The van der Waals surface area contributed by atoms with Gasteiger partial charge >= 0.3 is 0 Å². The summed E-state index contributed by atoms with van der Waals surface area (Å²) in [5.74, 6) is 0.196. The van der Waals surface area contributed by atoms with Gasteiger partial charge in [0.05, 0.1) is 6.54 Å². The molecule has 9 heteroatoms. The van der Waals surface area contributed by atoms with Crippen LogP contribution in [0.5, 0.6) is 0 Å². The van der Waals surface area contributed by atoms with Crippen LogP contribution in [-0.4, -0.2) is 26.0 Å². The molecule has 130 valence electrons. The van der Waals surface area contributed by atoms with Crippen LogP contribution in [-0.2, 0) is 6.54 Å². The third-order valence-corrected chi connectivity index (χ3v) is 3.96. The number of benzene rings is 1. The van der Waals surface area contributed by atoms with Gasteiger partial charge < -0.3 is 19.8 Å². The smallest absolute Gasteiger partial charge is 0.268 e. The first kappa shape index (κ1) is 16.1. The van der Waals surface area contributed by atoms with Crippen LogP contribution in [0.2, 0.25) is 5.02 Å². The first-order valence-corrected chi connectivity index (χ1v) is 8.04. The fourth-order valence-electron chi connectivity index (χ4n) is 2.50. The van der Waals surface area contributed by atoms with Gasteiger partial charge in [-0.3, -0.25) is 9.59 Å². The van der Waals surface area contributed by atoms with E-state index in [0.29, 0.717) is 16.3 Å². The quantitative estimate of drug-likeness (QED) is 0.511. The lowest BCUT2D eigenvalue weighted by Gasteiger charge is -1.99. The number of carbonyl (C=O) groups excluding carboxylic acids is 1. The molecule has 0 atom stereocenters. The summed E-state index contributed by atoms with van der Waals surface area (Å²) in [6, 6.07) is 10.1. The molecule has 0 aliphatic heterocycles. The van der Waals surface area contributed by atoms with Crippen LogP contribution in [0.25, 0.3) is 22.3 Å². The van der Waals surface area contributed by atoms with Gasteiger partial charge in [-0.2, -0.15) is 4.98 Å². The Hall–Kier alpha value is -3.39. The maximum atomic E-state index is 12.3. The highest BCUT2D eigenvalue weighted by molar-refractivity contribution is 6.31. The van der Waals surface area contributed by atoms with Crippen molar-refractivity contribution in [1.82, 2.24) is 25.4 Å². The Labute approximate surface area is 151 Å². The predicted molar refractivity (Wildman–Crippen MR) is 94.8 cm³/mol. The van der Waals surface area contributed by atoms with E-state index in [1.165, 1.54) is 12.3 Å². The summed E-state index contributed by atoms with van der Waals surface area (Å²) < 4.78 is 5.10. The van der Waals surface area contributed by atoms with Crippen molar-refractivity contribution < 1.29 is 9.32 Å². The maximum absolute atomic E-state index is 12.3. The number of hydrogen-bond donors (Lipinski definition) is 3. The Balaban J connectivity index is 1.46. The topological polar surface area (TPSA) is 117 Å². The number of hydrogen-bond acceptors (Lipinski definition) is 5. The summed E-state index contributed by atoms with van der Waals surface area (Å²) in [6.07, 6.45) is 1.50. The van der Waals surface area contributed by atoms with Crippen LogP contribution in [0, 0.1) is 0 Å². The second-order valence-corrected chi connectivity index (χ2v) is 5.99. The predicted octanol–water partition coefficient (Wildman–Crippen LogP) is 2.49. The Morgan fingerprint density at radius 3 is 2.96 bits per heavy atom. The van der Waals surface area contributed by atoms with Crippen molar-refractivity contribution in [3.8, 4) is 11.4 Å². The molecule has 0 aliphatic carbocycles. The summed E-state index contributed by atoms with van der Waals surface area (Å²) in [7, 11) is 0. The van der Waals surface area contributed by atoms with Crippen molar-refractivity contribution in [2.45, 2.75) is 6.54 Å². The normalized spacial score (nSPS) is 11.0. The summed E-state index contributed by atoms with van der Waals surface area (Å²) in [5.41, 5.74) is 1.48. The first-order chi connectivity index (χ1) is 12.6. The van der Waals surface area contributed by atoms with Crippen molar-refractivity contribution in [2.75, 3.05) is 0 Å². The fraction of sp³-hybridized carbons (Fsp3) is 0.0588. The third-order valence-electron chi connectivity index (χ3n) is 3.73. The molecule has 1 aromatic carbocycles. The van der Waals surface area contributed by atoms with E-state index >= 15 is 0 Å². The molecule has 3 heterocycles. The molecule has 8 nitrogen and oxygen atoms in total. The number of pyridine rings is 1. The standard InChI is InChI=1S/C17H12ClN5O3/c18-11-1-2-12-10(5-11)6-13(21-12)17(25)20-8-15-22-16(23-26-15)9-3-4-19-14(24)7-9/h1-7,21H,8H2,(H,19,24)(H,20,25). The van der Waals surface area contributed by atoms with E-state index in [9.17, 15) is 9.59 Å². The molecule has 4 rings (SSSR count). The van der Waals surface area contributed by atoms with Crippen LogP contribution < -0.4 is 10.9 Å². The highest BCUT2D eigenvalue weighted by Crippen LogP contribution is 2.20. The van der Waals surface area contributed by atoms with Crippen LogP contribution in [0.1, 0.15) is 16.4 Å².